The number of hydrogen-bond donors (Lipinski definition) is 1. The fourth-order valence-corrected chi connectivity index (χ4v) is 3.60. The van der Waals surface area contributed by atoms with E-state index in [1.807, 2.05) is 12.1 Å². The van der Waals surface area contributed by atoms with Crippen molar-refractivity contribution in [1.29, 1.82) is 0 Å². The van der Waals surface area contributed by atoms with Gasteiger partial charge in [0.25, 0.3) is 0 Å². The van der Waals surface area contributed by atoms with Gasteiger partial charge >= 0.3 is 0 Å². The smallest absolute Gasteiger partial charge is 0.129 e. The number of aryl methyl sites for hydroxylation is 1. The van der Waals surface area contributed by atoms with E-state index in [0.717, 1.165) is 25.3 Å². The van der Waals surface area contributed by atoms with Crippen LogP contribution in [0.1, 0.15) is 37.3 Å². The molecule has 2 aromatic rings. The van der Waals surface area contributed by atoms with Crippen molar-refractivity contribution in [2.45, 2.75) is 32.6 Å². The Hall–Kier alpha value is -2.21. The number of nitrogens with zero attached hydrogens (tertiary/aromatic N) is 2. The molecule has 0 radical (unpaired) electrons. The summed E-state index contributed by atoms with van der Waals surface area (Å²) in [5.41, 5.74) is 4.05. The summed E-state index contributed by atoms with van der Waals surface area (Å²) in [6, 6.07) is 18.8. The summed E-state index contributed by atoms with van der Waals surface area (Å²) in [6.45, 7) is 7.25. The maximum atomic E-state index is 5.64. The van der Waals surface area contributed by atoms with E-state index in [4.69, 9.17) is 4.74 Å². The average Bonchev–Trinajstić information content (AvgIpc) is 3.41. The molecule has 1 saturated heterocycles. The highest BCUT2D eigenvalue weighted by Crippen LogP contribution is 2.32. The first-order chi connectivity index (χ1) is 14.4. The van der Waals surface area contributed by atoms with Gasteiger partial charge in [-0.1, -0.05) is 49.4 Å². The molecule has 2 aromatic carbocycles. The SMILES string of the molecule is C1=C(N2CCCCC2)c2ccccc2OC1.C1=NCCN1.CCc1ccccc1.Cl.Cl.O. The van der Waals surface area contributed by atoms with Gasteiger partial charge in [-0.2, -0.15) is 0 Å². The predicted octanol–water partition coefficient (Wildman–Crippen LogP) is 4.79. The molecule has 0 unspecified atom stereocenters. The maximum Gasteiger partial charge on any atom is 0.129 e. The van der Waals surface area contributed by atoms with Gasteiger partial charge in [-0.25, -0.2) is 0 Å². The van der Waals surface area contributed by atoms with E-state index in [0.29, 0.717) is 6.61 Å². The summed E-state index contributed by atoms with van der Waals surface area (Å²) >= 11 is 0. The molecule has 32 heavy (non-hydrogen) atoms. The molecule has 178 valence electrons. The molecule has 3 N–H and O–H groups in total. The van der Waals surface area contributed by atoms with Gasteiger partial charge in [0.15, 0.2) is 0 Å². The van der Waals surface area contributed by atoms with Gasteiger partial charge in [-0.15, -0.1) is 24.8 Å². The van der Waals surface area contributed by atoms with Crippen LogP contribution >= 0.6 is 24.8 Å². The monoisotopic (exact) mass is 481 g/mol. The Morgan fingerprint density at radius 2 is 1.62 bits per heavy atom. The normalized spacial score (nSPS) is 15.2. The van der Waals surface area contributed by atoms with Crippen molar-refractivity contribution < 1.29 is 10.2 Å². The highest BCUT2D eigenvalue weighted by atomic mass is 35.5. The third-order valence-electron chi connectivity index (χ3n) is 5.19. The van der Waals surface area contributed by atoms with Gasteiger partial charge in [-0.3, -0.25) is 4.99 Å². The minimum Gasteiger partial charge on any atom is -0.489 e. The number of likely N-dealkylation sites (tertiary alicyclic amines) is 1. The number of piperidine rings is 1. The van der Waals surface area contributed by atoms with Gasteiger partial charge < -0.3 is 20.4 Å². The Bertz CT molecular complexity index is 789. The Kier molecular flexibility index (Phi) is 16.2. The molecule has 0 bridgehead atoms. The van der Waals surface area contributed by atoms with Gasteiger partial charge in [-0.05, 0) is 49.5 Å². The maximum absolute atomic E-state index is 5.64. The molecule has 3 heterocycles. The molecule has 1 fully saturated rings. The second kappa shape index (κ2) is 17.4. The second-order valence-corrected chi connectivity index (χ2v) is 7.27. The average molecular weight is 482 g/mol. The summed E-state index contributed by atoms with van der Waals surface area (Å²) in [4.78, 5) is 6.35. The van der Waals surface area contributed by atoms with Crippen LogP contribution in [0.5, 0.6) is 5.75 Å². The van der Waals surface area contributed by atoms with Crippen LogP contribution in [-0.4, -0.2) is 49.5 Å². The lowest BCUT2D eigenvalue weighted by molar-refractivity contribution is 0.308. The van der Waals surface area contributed by atoms with Gasteiger partial charge in [0.1, 0.15) is 12.4 Å². The Balaban J connectivity index is 0.000000509. The zero-order valence-corrected chi connectivity index (χ0v) is 20.5. The zero-order valence-electron chi connectivity index (χ0n) is 18.8. The lowest BCUT2D eigenvalue weighted by Gasteiger charge is -2.33. The van der Waals surface area contributed by atoms with E-state index in [2.05, 4.69) is 70.7 Å². The molecular weight excluding hydrogens is 445 g/mol. The highest BCUT2D eigenvalue weighted by Gasteiger charge is 2.20. The van der Waals surface area contributed by atoms with Crippen LogP contribution in [-0.2, 0) is 6.42 Å². The highest BCUT2D eigenvalue weighted by molar-refractivity contribution is 5.85. The fraction of sp³-hybridized carbons (Fsp3) is 0.400. The minimum atomic E-state index is 0. The van der Waals surface area contributed by atoms with E-state index < -0.39 is 0 Å². The van der Waals surface area contributed by atoms with Crippen molar-refractivity contribution in [3.8, 4) is 5.75 Å². The number of hydrogen-bond acceptors (Lipinski definition) is 4. The molecule has 3 aliphatic heterocycles. The topological polar surface area (TPSA) is 68.4 Å². The number of halogens is 2. The Morgan fingerprint density at radius 1 is 0.938 bits per heavy atom. The Morgan fingerprint density at radius 3 is 2.19 bits per heavy atom. The lowest BCUT2D eigenvalue weighted by atomic mass is 10.0. The molecule has 7 heteroatoms. The van der Waals surface area contributed by atoms with Crippen molar-refractivity contribution in [2.75, 3.05) is 32.8 Å². The van der Waals surface area contributed by atoms with E-state index in [9.17, 15) is 0 Å². The second-order valence-electron chi connectivity index (χ2n) is 7.27. The van der Waals surface area contributed by atoms with Gasteiger partial charge in [0, 0.05) is 30.9 Å². The molecule has 0 amide bonds. The molecule has 5 nitrogen and oxygen atoms in total. The number of para-hydroxylation sites is 1. The third kappa shape index (κ3) is 9.51. The largest absolute Gasteiger partial charge is 0.489 e. The molecule has 5 rings (SSSR count). The zero-order chi connectivity index (χ0) is 20.2. The number of ether oxygens (including phenoxy) is 1. The van der Waals surface area contributed by atoms with Crippen molar-refractivity contribution >= 4 is 36.8 Å². The standard InChI is InChI=1S/C14H17NO.C8H10.C3H6N2.2ClH.H2O/c1-4-9-15(10-5-1)13-8-11-16-14-7-3-2-6-12(13)14;1-2-8-6-4-3-5-7-8;1-2-5-3-4-1;;;/h2-3,6-8H,1,4-5,9-11H2;3-7H,2H2,1H3;3H,1-2H2,(H,4,5);2*1H;1H2. The van der Waals surface area contributed by atoms with Crippen LogP contribution in [0.2, 0.25) is 0 Å². The van der Waals surface area contributed by atoms with Crippen LogP contribution in [0, 0.1) is 0 Å². The van der Waals surface area contributed by atoms with Crippen molar-refractivity contribution in [1.82, 2.24) is 10.2 Å². The molecular formula is C25H37Cl2N3O2. The quantitative estimate of drug-likeness (QED) is 0.669. The number of benzene rings is 2. The van der Waals surface area contributed by atoms with Crippen LogP contribution in [0.3, 0.4) is 0 Å². The first-order valence-corrected chi connectivity index (χ1v) is 10.8. The van der Waals surface area contributed by atoms with E-state index in [-0.39, 0.29) is 30.3 Å². The third-order valence-corrected chi connectivity index (χ3v) is 5.19. The first kappa shape index (κ1) is 29.8. The molecule has 3 aliphatic rings. The summed E-state index contributed by atoms with van der Waals surface area (Å²) in [6.07, 6.45) is 9.11. The molecule has 0 saturated carbocycles. The van der Waals surface area contributed by atoms with Crippen LogP contribution < -0.4 is 10.1 Å². The van der Waals surface area contributed by atoms with Crippen molar-refractivity contribution in [3.05, 3.63) is 71.8 Å². The van der Waals surface area contributed by atoms with Gasteiger partial charge in [0.05, 0.1) is 12.9 Å². The van der Waals surface area contributed by atoms with Gasteiger partial charge in [0.2, 0.25) is 0 Å². The number of fused-ring (bicyclic) bond motifs is 1. The lowest BCUT2D eigenvalue weighted by Crippen LogP contribution is -2.29. The van der Waals surface area contributed by atoms with Crippen LogP contribution in [0.15, 0.2) is 65.7 Å². The van der Waals surface area contributed by atoms with Crippen molar-refractivity contribution in [3.63, 3.8) is 0 Å². The molecule has 0 aromatic heterocycles. The van der Waals surface area contributed by atoms with Crippen LogP contribution in [0.25, 0.3) is 5.70 Å². The molecule has 0 atom stereocenters. The summed E-state index contributed by atoms with van der Waals surface area (Å²) in [5, 5.41) is 2.93. The predicted molar refractivity (Wildman–Crippen MR) is 141 cm³/mol. The van der Waals surface area contributed by atoms with E-state index in [1.54, 1.807) is 6.34 Å². The number of rotatable bonds is 2. The first-order valence-electron chi connectivity index (χ1n) is 10.8. The summed E-state index contributed by atoms with van der Waals surface area (Å²) < 4.78 is 5.64. The van der Waals surface area contributed by atoms with Crippen LogP contribution in [0.4, 0.5) is 0 Å². The molecule has 0 aliphatic carbocycles. The summed E-state index contributed by atoms with van der Waals surface area (Å²) in [7, 11) is 0. The van der Waals surface area contributed by atoms with E-state index in [1.165, 1.54) is 49.2 Å². The minimum absolute atomic E-state index is 0. The summed E-state index contributed by atoms with van der Waals surface area (Å²) in [5.74, 6) is 1.03. The fourth-order valence-electron chi connectivity index (χ4n) is 3.60. The van der Waals surface area contributed by atoms with Crippen molar-refractivity contribution in [2.24, 2.45) is 4.99 Å². The van der Waals surface area contributed by atoms with E-state index >= 15 is 0 Å². The Labute approximate surface area is 205 Å². The number of nitrogens with one attached hydrogen (secondary N) is 1. The molecule has 0 spiro atoms. The number of aliphatic imine (C=N–C) groups is 1.